The number of carbonyl (C=O) groups excluding carboxylic acids is 1. The molecule has 0 aliphatic heterocycles. The largest absolute Gasteiger partial charge is 0.466 e. The van der Waals surface area contributed by atoms with Crippen LogP contribution in [0.25, 0.3) is 0 Å². The molecule has 0 aromatic heterocycles. The topological polar surface area (TPSA) is 26.3 Å². The Morgan fingerprint density at radius 1 is 1.56 bits per heavy atom. The Kier molecular flexibility index (Phi) is 3.02. The molecule has 2 rings (SSSR count). The highest BCUT2D eigenvalue weighted by atomic mass is 79.9. The van der Waals surface area contributed by atoms with Crippen molar-refractivity contribution in [3.8, 4) is 0 Å². The normalized spacial score (nSPS) is 27.6. The summed E-state index contributed by atoms with van der Waals surface area (Å²) in [5.41, 5.74) is -0.971. The van der Waals surface area contributed by atoms with Crippen LogP contribution in [0.2, 0.25) is 0 Å². The Labute approximate surface area is 102 Å². The first-order chi connectivity index (χ1) is 7.58. The summed E-state index contributed by atoms with van der Waals surface area (Å²) in [6.45, 7) is 2.02. The molecule has 1 aromatic rings. The highest BCUT2D eigenvalue weighted by molar-refractivity contribution is 9.10. The van der Waals surface area contributed by atoms with E-state index in [1.807, 2.05) is 0 Å². The van der Waals surface area contributed by atoms with Crippen molar-refractivity contribution in [3.63, 3.8) is 0 Å². The number of halogens is 2. The maximum atomic E-state index is 14.3. The van der Waals surface area contributed by atoms with Gasteiger partial charge in [-0.25, -0.2) is 4.39 Å². The van der Waals surface area contributed by atoms with Crippen molar-refractivity contribution < 1.29 is 13.9 Å². The maximum absolute atomic E-state index is 14.3. The second kappa shape index (κ2) is 4.17. The van der Waals surface area contributed by atoms with Crippen molar-refractivity contribution in [1.82, 2.24) is 0 Å². The number of hydrogen-bond donors (Lipinski definition) is 0. The molecule has 0 bridgehead atoms. The van der Waals surface area contributed by atoms with Crippen LogP contribution in [0.3, 0.4) is 0 Å². The molecule has 1 aliphatic rings. The summed E-state index contributed by atoms with van der Waals surface area (Å²) in [7, 11) is 0. The van der Waals surface area contributed by atoms with E-state index in [1.165, 1.54) is 0 Å². The van der Waals surface area contributed by atoms with Gasteiger partial charge in [0, 0.05) is 10.9 Å². The lowest BCUT2D eigenvalue weighted by Gasteiger charge is -2.07. The molecule has 2 nitrogen and oxygen atoms in total. The number of benzene rings is 1. The molecule has 1 fully saturated rings. The third kappa shape index (κ3) is 1.98. The second-order valence-corrected chi connectivity index (χ2v) is 4.79. The Bertz CT molecular complexity index is 404. The lowest BCUT2D eigenvalue weighted by atomic mass is 10.1. The van der Waals surface area contributed by atoms with Gasteiger partial charge in [0.25, 0.3) is 0 Å². The summed E-state index contributed by atoms with van der Waals surface area (Å²) in [5, 5.41) is 0. The molecule has 1 aromatic carbocycles. The molecule has 0 amide bonds. The van der Waals surface area contributed by atoms with E-state index in [4.69, 9.17) is 4.74 Å². The van der Waals surface area contributed by atoms with Crippen LogP contribution in [0.1, 0.15) is 18.9 Å². The molecular weight excluding hydrogens is 275 g/mol. The van der Waals surface area contributed by atoms with E-state index in [-0.39, 0.29) is 6.42 Å². The summed E-state index contributed by atoms with van der Waals surface area (Å²) in [5.74, 6) is -1.07. The zero-order chi connectivity index (χ0) is 11.8. The van der Waals surface area contributed by atoms with E-state index in [9.17, 15) is 9.18 Å². The number of alkyl halides is 1. The van der Waals surface area contributed by atoms with E-state index in [0.717, 1.165) is 4.47 Å². The van der Waals surface area contributed by atoms with Crippen molar-refractivity contribution >= 4 is 21.9 Å². The third-order valence-electron chi connectivity index (χ3n) is 2.79. The molecule has 0 N–H and O–H groups in total. The maximum Gasteiger partial charge on any atom is 0.312 e. The summed E-state index contributed by atoms with van der Waals surface area (Å²) in [4.78, 5) is 11.4. The summed E-state index contributed by atoms with van der Waals surface area (Å²) < 4.78 is 20.0. The molecule has 1 aliphatic carbocycles. The fraction of sp³-hybridized carbons (Fsp3) is 0.417. The number of rotatable bonds is 3. The molecule has 0 spiro atoms. The van der Waals surface area contributed by atoms with Gasteiger partial charge >= 0.3 is 5.97 Å². The summed E-state index contributed by atoms with van der Waals surface area (Å²) in [6.07, 6.45) is 0.230. The fourth-order valence-electron chi connectivity index (χ4n) is 1.80. The molecule has 2 unspecified atom stereocenters. The minimum atomic E-state index is -1.52. The van der Waals surface area contributed by atoms with Crippen molar-refractivity contribution in [2.45, 2.75) is 19.0 Å². The lowest BCUT2D eigenvalue weighted by Crippen LogP contribution is -2.13. The van der Waals surface area contributed by atoms with E-state index in [1.54, 1.807) is 31.2 Å². The zero-order valence-electron chi connectivity index (χ0n) is 8.87. The minimum Gasteiger partial charge on any atom is -0.466 e. The number of esters is 1. The molecule has 86 valence electrons. The van der Waals surface area contributed by atoms with Gasteiger partial charge in [0.05, 0.1) is 12.5 Å². The molecule has 0 heterocycles. The number of ether oxygens (including phenoxy) is 1. The van der Waals surface area contributed by atoms with Crippen molar-refractivity contribution in [2.24, 2.45) is 5.92 Å². The van der Waals surface area contributed by atoms with Crippen LogP contribution in [-0.2, 0) is 15.2 Å². The molecule has 16 heavy (non-hydrogen) atoms. The van der Waals surface area contributed by atoms with E-state index >= 15 is 0 Å². The summed E-state index contributed by atoms with van der Waals surface area (Å²) >= 11 is 3.29. The van der Waals surface area contributed by atoms with Gasteiger partial charge in [0.2, 0.25) is 0 Å². The number of hydrogen-bond acceptors (Lipinski definition) is 2. The number of carbonyl (C=O) groups is 1. The monoisotopic (exact) mass is 286 g/mol. The van der Waals surface area contributed by atoms with Crippen molar-refractivity contribution in [2.75, 3.05) is 6.61 Å². The molecular formula is C12H12BrFO2. The van der Waals surface area contributed by atoms with Gasteiger partial charge in [-0.05, 0) is 24.6 Å². The van der Waals surface area contributed by atoms with Gasteiger partial charge in [-0.3, -0.25) is 4.79 Å². The predicted molar refractivity (Wildman–Crippen MR) is 61.7 cm³/mol. The van der Waals surface area contributed by atoms with Crippen LogP contribution in [0.15, 0.2) is 28.7 Å². The van der Waals surface area contributed by atoms with Gasteiger partial charge in [0.15, 0.2) is 0 Å². The Morgan fingerprint density at radius 3 is 2.75 bits per heavy atom. The van der Waals surface area contributed by atoms with Gasteiger partial charge in [0.1, 0.15) is 5.67 Å². The van der Waals surface area contributed by atoms with Crippen molar-refractivity contribution in [1.29, 1.82) is 0 Å². The van der Waals surface area contributed by atoms with E-state index < -0.39 is 17.6 Å². The molecule has 1 saturated carbocycles. The van der Waals surface area contributed by atoms with E-state index in [2.05, 4.69) is 15.9 Å². The van der Waals surface area contributed by atoms with Crippen LogP contribution in [0.5, 0.6) is 0 Å². The predicted octanol–water partition coefficient (Wildman–Crippen LogP) is 3.20. The van der Waals surface area contributed by atoms with Crippen LogP contribution >= 0.6 is 15.9 Å². The van der Waals surface area contributed by atoms with Gasteiger partial charge in [-0.2, -0.15) is 0 Å². The molecule has 2 atom stereocenters. The second-order valence-electron chi connectivity index (χ2n) is 3.88. The van der Waals surface area contributed by atoms with E-state index in [0.29, 0.717) is 12.2 Å². The first kappa shape index (κ1) is 11.6. The third-order valence-corrected chi connectivity index (χ3v) is 3.32. The highest BCUT2D eigenvalue weighted by Crippen LogP contribution is 2.56. The van der Waals surface area contributed by atoms with Crippen molar-refractivity contribution in [3.05, 3.63) is 34.3 Å². The van der Waals surface area contributed by atoms with Gasteiger partial charge in [-0.1, -0.05) is 28.1 Å². The Balaban J connectivity index is 2.12. The quantitative estimate of drug-likeness (QED) is 0.798. The fourth-order valence-corrected chi connectivity index (χ4v) is 2.06. The Hall–Kier alpha value is -0.900. The molecule has 4 heteroatoms. The lowest BCUT2D eigenvalue weighted by molar-refractivity contribution is -0.145. The minimum absolute atomic E-state index is 0.230. The first-order valence-corrected chi connectivity index (χ1v) is 5.99. The highest BCUT2D eigenvalue weighted by Gasteiger charge is 2.61. The zero-order valence-corrected chi connectivity index (χ0v) is 10.5. The van der Waals surface area contributed by atoms with Crippen LogP contribution in [0.4, 0.5) is 4.39 Å². The molecule has 0 radical (unpaired) electrons. The van der Waals surface area contributed by atoms with Gasteiger partial charge < -0.3 is 4.74 Å². The average molecular weight is 287 g/mol. The first-order valence-electron chi connectivity index (χ1n) is 5.19. The SMILES string of the molecule is CCOC(=O)C1CC1(F)c1ccc(Br)cc1. The van der Waals surface area contributed by atoms with Crippen LogP contribution in [0, 0.1) is 5.92 Å². The van der Waals surface area contributed by atoms with Gasteiger partial charge in [-0.15, -0.1) is 0 Å². The Morgan fingerprint density at radius 2 is 2.19 bits per heavy atom. The average Bonchev–Trinajstić information content (AvgIpc) is 2.93. The molecule has 0 saturated heterocycles. The summed E-state index contributed by atoms with van der Waals surface area (Å²) in [6, 6.07) is 6.95. The van der Waals surface area contributed by atoms with Crippen LogP contribution < -0.4 is 0 Å². The van der Waals surface area contributed by atoms with Crippen LogP contribution in [-0.4, -0.2) is 12.6 Å². The standard InChI is InChI=1S/C12H12BrFO2/c1-2-16-11(15)10-7-12(10,14)8-3-5-9(13)6-4-8/h3-6,10H,2,7H2,1H3. The smallest absolute Gasteiger partial charge is 0.312 e.